The summed E-state index contributed by atoms with van der Waals surface area (Å²) in [5, 5.41) is 24.7. The third-order valence-corrected chi connectivity index (χ3v) is 4.34. The van der Waals surface area contributed by atoms with E-state index < -0.39 is 60.8 Å². The Bertz CT molecular complexity index is 785. The Hall–Kier alpha value is -3.52. The highest BCUT2D eigenvalue weighted by Crippen LogP contribution is 2.05. The van der Waals surface area contributed by atoms with E-state index in [1.165, 1.54) is 12.5 Å². The SMILES string of the molecule is NCCCCC(NC(=O)C(Cc1cnc[nH]1)NC(=O)C(N)CC(=O)O)C(=O)NCC(=O)O. The zero-order valence-electron chi connectivity index (χ0n) is 17.4. The number of aliphatic carboxylic acids is 2. The smallest absolute Gasteiger partial charge is 0.322 e. The van der Waals surface area contributed by atoms with Crippen LogP contribution in [-0.4, -0.2) is 81.1 Å². The van der Waals surface area contributed by atoms with Crippen LogP contribution in [0.1, 0.15) is 31.4 Å². The topological polar surface area (TPSA) is 243 Å². The van der Waals surface area contributed by atoms with Crippen LogP contribution in [-0.2, 0) is 30.4 Å². The molecule has 0 aliphatic rings. The highest BCUT2D eigenvalue weighted by atomic mass is 16.4. The van der Waals surface area contributed by atoms with Gasteiger partial charge in [0.1, 0.15) is 18.6 Å². The molecule has 0 radical (unpaired) electrons. The van der Waals surface area contributed by atoms with Crippen LogP contribution in [0.3, 0.4) is 0 Å². The summed E-state index contributed by atoms with van der Waals surface area (Å²) in [5.74, 6) is -4.83. The monoisotopic (exact) mass is 455 g/mol. The number of imidazole rings is 1. The van der Waals surface area contributed by atoms with Crippen molar-refractivity contribution < 1.29 is 34.2 Å². The number of carboxylic acid groups (broad SMARTS) is 2. The average molecular weight is 455 g/mol. The molecular formula is C18H29N7O7. The first-order chi connectivity index (χ1) is 15.1. The Morgan fingerprint density at radius 2 is 1.69 bits per heavy atom. The van der Waals surface area contributed by atoms with E-state index in [1.807, 2.05) is 0 Å². The number of aromatic nitrogens is 2. The summed E-state index contributed by atoms with van der Waals surface area (Å²) in [4.78, 5) is 65.7. The quantitative estimate of drug-likeness (QED) is 0.125. The van der Waals surface area contributed by atoms with Crippen molar-refractivity contribution in [2.24, 2.45) is 11.5 Å². The van der Waals surface area contributed by atoms with Gasteiger partial charge in [0.15, 0.2) is 0 Å². The van der Waals surface area contributed by atoms with Crippen LogP contribution in [0, 0.1) is 0 Å². The molecule has 14 heteroatoms. The number of nitrogens with two attached hydrogens (primary N) is 2. The van der Waals surface area contributed by atoms with Gasteiger partial charge in [-0.3, -0.25) is 24.0 Å². The molecule has 0 aliphatic heterocycles. The van der Waals surface area contributed by atoms with E-state index in [0.29, 0.717) is 25.1 Å². The number of carbonyl (C=O) groups excluding carboxylic acids is 3. The van der Waals surface area contributed by atoms with Crippen molar-refractivity contribution >= 4 is 29.7 Å². The minimum Gasteiger partial charge on any atom is -0.481 e. The maximum absolute atomic E-state index is 12.9. The van der Waals surface area contributed by atoms with Crippen molar-refractivity contribution in [2.75, 3.05) is 13.1 Å². The van der Waals surface area contributed by atoms with Gasteiger partial charge in [0.05, 0.1) is 18.8 Å². The standard InChI is InChI=1S/C18H29N7O7/c19-4-2-1-3-12(17(31)22-8-15(28)29)24-18(32)13(5-10-7-21-9-23-10)25-16(30)11(20)6-14(26)27/h7,9,11-13H,1-6,8,19-20H2,(H,21,23)(H,22,31)(H,24,32)(H,25,30)(H,26,27)(H,28,29). The Morgan fingerprint density at radius 1 is 1.00 bits per heavy atom. The lowest BCUT2D eigenvalue weighted by atomic mass is 10.1. The summed E-state index contributed by atoms with van der Waals surface area (Å²) in [5.41, 5.74) is 11.5. The molecule has 0 fully saturated rings. The average Bonchev–Trinajstić information content (AvgIpc) is 3.23. The zero-order valence-corrected chi connectivity index (χ0v) is 17.4. The fourth-order valence-electron chi connectivity index (χ4n) is 2.70. The van der Waals surface area contributed by atoms with Crippen LogP contribution in [0.15, 0.2) is 12.5 Å². The number of nitrogens with zero attached hydrogens (tertiary/aromatic N) is 1. The minimum atomic E-state index is -1.39. The molecule has 32 heavy (non-hydrogen) atoms. The van der Waals surface area contributed by atoms with Crippen LogP contribution in [0.2, 0.25) is 0 Å². The number of carbonyl (C=O) groups is 5. The van der Waals surface area contributed by atoms with E-state index >= 15 is 0 Å². The Morgan fingerprint density at radius 3 is 2.25 bits per heavy atom. The van der Waals surface area contributed by atoms with Crippen LogP contribution in [0.4, 0.5) is 0 Å². The zero-order chi connectivity index (χ0) is 24.1. The first-order valence-electron chi connectivity index (χ1n) is 9.89. The third-order valence-electron chi connectivity index (χ3n) is 4.34. The van der Waals surface area contributed by atoms with E-state index in [9.17, 15) is 24.0 Å². The summed E-state index contributed by atoms with van der Waals surface area (Å²) >= 11 is 0. The van der Waals surface area contributed by atoms with Crippen molar-refractivity contribution in [3.63, 3.8) is 0 Å². The third kappa shape index (κ3) is 9.99. The number of hydrogen-bond donors (Lipinski definition) is 8. The van der Waals surface area contributed by atoms with Crippen molar-refractivity contribution in [1.29, 1.82) is 0 Å². The second-order valence-electron chi connectivity index (χ2n) is 7.00. The van der Waals surface area contributed by atoms with Crippen molar-refractivity contribution in [2.45, 2.75) is 50.2 Å². The van der Waals surface area contributed by atoms with Gasteiger partial charge in [0.25, 0.3) is 0 Å². The molecule has 0 saturated heterocycles. The molecule has 10 N–H and O–H groups in total. The maximum atomic E-state index is 12.9. The van der Waals surface area contributed by atoms with Gasteiger partial charge in [-0.1, -0.05) is 0 Å². The molecule has 178 valence electrons. The molecule has 0 bridgehead atoms. The van der Waals surface area contributed by atoms with Crippen molar-refractivity contribution in [3.8, 4) is 0 Å². The predicted molar refractivity (Wildman–Crippen MR) is 110 cm³/mol. The van der Waals surface area contributed by atoms with Gasteiger partial charge in [-0.05, 0) is 25.8 Å². The highest BCUT2D eigenvalue weighted by molar-refractivity contribution is 5.94. The van der Waals surface area contributed by atoms with E-state index in [4.69, 9.17) is 21.7 Å². The first-order valence-corrected chi connectivity index (χ1v) is 9.89. The number of carboxylic acids is 2. The number of nitrogens with one attached hydrogen (secondary N) is 4. The summed E-state index contributed by atoms with van der Waals surface area (Å²) < 4.78 is 0. The Kier molecular flexibility index (Phi) is 11.4. The molecular weight excluding hydrogens is 426 g/mol. The van der Waals surface area contributed by atoms with Crippen LogP contribution in [0.25, 0.3) is 0 Å². The largest absolute Gasteiger partial charge is 0.481 e. The van der Waals surface area contributed by atoms with Crippen molar-refractivity contribution in [1.82, 2.24) is 25.9 Å². The second kappa shape index (κ2) is 13.7. The summed E-state index contributed by atoms with van der Waals surface area (Å²) in [7, 11) is 0. The lowest BCUT2D eigenvalue weighted by Crippen LogP contribution is -2.56. The van der Waals surface area contributed by atoms with Gasteiger partial charge < -0.3 is 42.6 Å². The number of aromatic amines is 1. The first kappa shape index (κ1) is 26.5. The molecule has 0 spiro atoms. The van der Waals surface area contributed by atoms with E-state index in [2.05, 4.69) is 25.9 Å². The van der Waals surface area contributed by atoms with E-state index in [0.717, 1.165) is 0 Å². The molecule has 3 atom stereocenters. The maximum Gasteiger partial charge on any atom is 0.322 e. The highest BCUT2D eigenvalue weighted by Gasteiger charge is 2.29. The Balaban J connectivity index is 2.94. The fourth-order valence-corrected chi connectivity index (χ4v) is 2.70. The summed E-state index contributed by atoms with van der Waals surface area (Å²) in [6.07, 6.45) is 3.39. The molecule has 14 nitrogen and oxygen atoms in total. The predicted octanol–water partition coefficient (Wildman–Crippen LogP) is -2.95. The molecule has 1 rings (SSSR count). The molecule has 3 unspecified atom stereocenters. The normalized spacial score (nSPS) is 13.4. The summed E-state index contributed by atoms with van der Waals surface area (Å²) in [6, 6.07) is -3.65. The van der Waals surface area contributed by atoms with E-state index in [1.54, 1.807) is 0 Å². The number of rotatable bonds is 15. The van der Waals surface area contributed by atoms with Gasteiger partial charge in [-0.2, -0.15) is 0 Å². The van der Waals surface area contributed by atoms with Gasteiger partial charge in [0, 0.05) is 18.3 Å². The van der Waals surface area contributed by atoms with Gasteiger partial charge in [-0.25, -0.2) is 4.98 Å². The molecule has 0 aliphatic carbocycles. The molecule has 1 aromatic heterocycles. The number of unbranched alkanes of at least 4 members (excludes halogenated alkanes) is 1. The van der Waals surface area contributed by atoms with E-state index in [-0.39, 0.29) is 12.8 Å². The summed E-state index contributed by atoms with van der Waals surface area (Å²) in [6.45, 7) is -0.252. The number of hydrogen-bond acceptors (Lipinski definition) is 8. The Labute approximate surface area is 183 Å². The lowest BCUT2D eigenvalue weighted by molar-refractivity contribution is -0.139. The number of amides is 3. The molecule has 1 heterocycles. The van der Waals surface area contributed by atoms with Crippen molar-refractivity contribution in [3.05, 3.63) is 18.2 Å². The molecule has 3 amide bonds. The minimum absolute atomic E-state index is 0.0381. The van der Waals surface area contributed by atoms with Gasteiger partial charge in [-0.15, -0.1) is 0 Å². The molecule has 0 aromatic carbocycles. The fraction of sp³-hybridized carbons (Fsp3) is 0.556. The number of H-pyrrole nitrogens is 1. The molecule has 1 aromatic rings. The van der Waals surface area contributed by atoms with Gasteiger partial charge in [0.2, 0.25) is 17.7 Å². The van der Waals surface area contributed by atoms with Crippen LogP contribution < -0.4 is 27.4 Å². The van der Waals surface area contributed by atoms with Crippen LogP contribution in [0.5, 0.6) is 0 Å². The van der Waals surface area contributed by atoms with Gasteiger partial charge >= 0.3 is 11.9 Å². The lowest BCUT2D eigenvalue weighted by Gasteiger charge is -2.23. The molecule has 0 saturated carbocycles. The van der Waals surface area contributed by atoms with Crippen LogP contribution >= 0.6 is 0 Å². The second-order valence-corrected chi connectivity index (χ2v) is 7.00.